The largest absolute Gasteiger partial charge is 0.452 e. The van der Waals surface area contributed by atoms with Crippen LogP contribution in [0.2, 0.25) is 32.7 Å². The summed E-state index contributed by atoms with van der Waals surface area (Å²) in [6.45, 7) is 10.8. The van der Waals surface area contributed by atoms with Crippen LogP contribution in [-0.2, 0) is 4.12 Å². The third kappa shape index (κ3) is 3.54. The molecule has 94 valence electrons. The molecule has 0 spiro atoms. The Bertz CT molecular complexity index is 533. The van der Waals surface area contributed by atoms with Gasteiger partial charge in [-0.15, -0.1) is 0 Å². The van der Waals surface area contributed by atoms with Crippen LogP contribution in [0.25, 0.3) is 0 Å². The zero-order valence-corrected chi connectivity index (χ0v) is 13.5. The predicted octanol–water partition coefficient (Wildman–Crippen LogP) is 2.69. The smallest absolute Gasteiger partial charge is 0.205 e. The zero-order chi connectivity index (χ0) is 14.0. The number of hydrogen-bond donors (Lipinski definition) is 0. The minimum absolute atomic E-state index is 0.430. The molecule has 0 saturated carbocycles. The Hall–Kier alpha value is -1.41. The molecule has 0 aromatic heterocycles. The van der Waals surface area contributed by atoms with Gasteiger partial charge in [-0.2, -0.15) is 10.5 Å². The second-order valence-corrected chi connectivity index (χ2v) is 14.3. The number of nitrogens with zero attached hydrogens (tertiary/aromatic N) is 2. The minimum Gasteiger partial charge on any atom is -0.452 e. The number of rotatable bonds is 3. The molecule has 1 rings (SSSR count). The third-order valence-corrected chi connectivity index (χ3v) is 8.71. The van der Waals surface area contributed by atoms with E-state index in [1.165, 1.54) is 0 Å². The first-order chi connectivity index (χ1) is 8.19. The second-order valence-electron chi connectivity index (χ2n) is 5.71. The van der Waals surface area contributed by atoms with E-state index < -0.39 is 16.6 Å². The van der Waals surface area contributed by atoms with Gasteiger partial charge in [-0.25, -0.2) is 0 Å². The number of nitriles is 2. The monoisotopic (exact) mass is 274 g/mol. The van der Waals surface area contributed by atoms with Gasteiger partial charge in [-0.3, -0.25) is 0 Å². The van der Waals surface area contributed by atoms with Gasteiger partial charge in [0.05, 0.1) is 11.1 Å². The van der Waals surface area contributed by atoms with Crippen molar-refractivity contribution in [1.29, 1.82) is 10.5 Å². The van der Waals surface area contributed by atoms with Gasteiger partial charge >= 0.3 is 0 Å². The van der Waals surface area contributed by atoms with E-state index in [9.17, 15) is 0 Å². The van der Waals surface area contributed by atoms with Gasteiger partial charge in [0.15, 0.2) is 8.32 Å². The van der Waals surface area contributed by atoms with Crippen LogP contribution in [0.3, 0.4) is 0 Å². The molecule has 0 bridgehead atoms. The van der Waals surface area contributed by atoms with Gasteiger partial charge in [0.1, 0.15) is 12.1 Å². The molecule has 0 amide bonds. The van der Waals surface area contributed by atoms with E-state index in [1.54, 1.807) is 6.07 Å². The summed E-state index contributed by atoms with van der Waals surface area (Å²) in [5.41, 5.74) is 0.869. The molecule has 5 heteroatoms. The molecular weight excluding hydrogens is 256 g/mol. The highest BCUT2D eigenvalue weighted by atomic mass is 28.4. The van der Waals surface area contributed by atoms with Gasteiger partial charge in [0.25, 0.3) is 0 Å². The van der Waals surface area contributed by atoms with Crippen molar-refractivity contribution in [3.05, 3.63) is 29.3 Å². The highest BCUT2D eigenvalue weighted by Gasteiger charge is 2.31. The quantitative estimate of drug-likeness (QED) is 0.796. The van der Waals surface area contributed by atoms with Crippen LogP contribution < -0.4 is 5.19 Å². The molecule has 1 aromatic rings. The standard InChI is InChI=1S/C13H18N2OSi2/c1-17(2,3)16-18(4,5)13-7-6-11(9-14)12(8-13)10-15/h6-8H,1-5H3. The fourth-order valence-electron chi connectivity index (χ4n) is 1.93. The van der Waals surface area contributed by atoms with E-state index in [0.717, 1.165) is 5.19 Å². The highest BCUT2D eigenvalue weighted by Crippen LogP contribution is 2.16. The zero-order valence-electron chi connectivity index (χ0n) is 11.5. The molecule has 0 aliphatic carbocycles. The third-order valence-electron chi connectivity index (χ3n) is 2.52. The lowest BCUT2D eigenvalue weighted by Gasteiger charge is -2.31. The maximum Gasteiger partial charge on any atom is 0.205 e. The average molecular weight is 274 g/mol. The second kappa shape index (κ2) is 5.07. The fourth-order valence-corrected chi connectivity index (χ4v) is 9.50. The highest BCUT2D eigenvalue weighted by molar-refractivity contribution is 6.92. The van der Waals surface area contributed by atoms with Crippen LogP contribution in [-0.4, -0.2) is 16.6 Å². The normalized spacial score (nSPS) is 11.7. The van der Waals surface area contributed by atoms with Crippen LogP contribution in [0.1, 0.15) is 11.1 Å². The first-order valence-electron chi connectivity index (χ1n) is 5.84. The summed E-state index contributed by atoms with van der Waals surface area (Å²) in [7, 11) is -3.61. The summed E-state index contributed by atoms with van der Waals surface area (Å²) in [5.74, 6) is 0. The predicted molar refractivity (Wildman–Crippen MR) is 77.4 cm³/mol. The van der Waals surface area contributed by atoms with Gasteiger partial charge in [0.2, 0.25) is 8.32 Å². The van der Waals surface area contributed by atoms with E-state index in [1.807, 2.05) is 18.2 Å². The Morgan fingerprint density at radius 3 is 1.94 bits per heavy atom. The molecule has 1 aromatic carbocycles. The first kappa shape index (κ1) is 14.7. The average Bonchev–Trinajstić information content (AvgIpc) is 2.24. The van der Waals surface area contributed by atoms with Crippen molar-refractivity contribution < 1.29 is 4.12 Å². The van der Waals surface area contributed by atoms with Crippen LogP contribution in [0.5, 0.6) is 0 Å². The van der Waals surface area contributed by atoms with Gasteiger partial charge < -0.3 is 4.12 Å². The first-order valence-corrected chi connectivity index (χ1v) is 12.2. The SMILES string of the molecule is C[Si](C)(C)O[Si](C)(C)c1ccc(C#N)c(C#N)c1. The molecule has 3 nitrogen and oxygen atoms in total. The molecule has 0 N–H and O–H groups in total. The Kier molecular flexibility index (Phi) is 4.13. The van der Waals surface area contributed by atoms with Crippen molar-refractivity contribution in [2.75, 3.05) is 0 Å². The lowest BCUT2D eigenvalue weighted by Crippen LogP contribution is -2.51. The molecule has 0 heterocycles. The summed E-state index contributed by atoms with van der Waals surface area (Å²) in [6.07, 6.45) is 0. The van der Waals surface area contributed by atoms with Crippen molar-refractivity contribution in [2.45, 2.75) is 32.7 Å². The molecule has 0 aliphatic rings. The number of benzene rings is 1. The summed E-state index contributed by atoms with van der Waals surface area (Å²) in [4.78, 5) is 0. The Morgan fingerprint density at radius 1 is 0.944 bits per heavy atom. The summed E-state index contributed by atoms with van der Waals surface area (Å²) < 4.78 is 6.27. The van der Waals surface area contributed by atoms with Crippen LogP contribution in [0.15, 0.2) is 18.2 Å². The van der Waals surface area contributed by atoms with Crippen LogP contribution in [0, 0.1) is 22.7 Å². The Morgan fingerprint density at radius 2 is 1.50 bits per heavy atom. The van der Waals surface area contributed by atoms with E-state index >= 15 is 0 Å². The molecule has 0 aliphatic heterocycles. The summed E-state index contributed by atoms with van der Waals surface area (Å²) in [6, 6.07) is 9.56. The summed E-state index contributed by atoms with van der Waals surface area (Å²) in [5, 5.41) is 19.0. The molecule has 0 unspecified atom stereocenters. The molecule has 18 heavy (non-hydrogen) atoms. The minimum atomic E-state index is -2.00. The van der Waals surface area contributed by atoms with Gasteiger partial charge in [-0.05, 0) is 50.1 Å². The number of hydrogen-bond acceptors (Lipinski definition) is 3. The van der Waals surface area contributed by atoms with Crippen molar-refractivity contribution in [3.8, 4) is 12.1 Å². The van der Waals surface area contributed by atoms with E-state index in [-0.39, 0.29) is 0 Å². The maximum atomic E-state index is 9.05. The lowest BCUT2D eigenvalue weighted by atomic mass is 10.1. The van der Waals surface area contributed by atoms with Crippen molar-refractivity contribution in [2.24, 2.45) is 0 Å². The Labute approximate surface area is 111 Å². The molecule has 0 radical (unpaired) electrons. The van der Waals surface area contributed by atoms with Crippen LogP contribution in [0.4, 0.5) is 0 Å². The van der Waals surface area contributed by atoms with E-state index in [0.29, 0.717) is 11.1 Å². The molecule has 0 fully saturated rings. The molecule has 0 atom stereocenters. The molecule has 0 saturated heterocycles. The van der Waals surface area contributed by atoms with Crippen molar-refractivity contribution in [3.63, 3.8) is 0 Å². The van der Waals surface area contributed by atoms with Gasteiger partial charge in [-0.1, -0.05) is 6.07 Å². The van der Waals surface area contributed by atoms with Crippen molar-refractivity contribution in [1.82, 2.24) is 0 Å². The topological polar surface area (TPSA) is 56.8 Å². The fraction of sp³-hybridized carbons (Fsp3) is 0.385. The molecular formula is C13H18N2OSi2. The maximum absolute atomic E-state index is 9.05. The van der Waals surface area contributed by atoms with Crippen molar-refractivity contribution >= 4 is 21.8 Å². The lowest BCUT2D eigenvalue weighted by molar-refractivity contribution is 0.566. The Balaban J connectivity index is 3.19. The van der Waals surface area contributed by atoms with Gasteiger partial charge in [0, 0.05) is 0 Å². The van der Waals surface area contributed by atoms with Crippen LogP contribution >= 0.6 is 0 Å². The van der Waals surface area contributed by atoms with E-state index in [4.69, 9.17) is 14.6 Å². The summed E-state index contributed by atoms with van der Waals surface area (Å²) >= 11 is 0. The van der Waals surface area contributed by atoms with E-state index in [2.05, 4.69) is 38.8 Å².